The van der Waals surface area contributed by atoms with E-state index in [-0.39, 0.29) is 5.96 Å². The molecule has 3 aromatic rings. The molecule has 3 rings (SSSR count). The van der Waals surface area contributed by atoms with Gasteiger partial charge in [0, 0.05) is 17.6 Å². The fourth-order valence-corrected chi connectivity index (χ4v) is 2.18. The highest BCUT2D eigenvalue weighted by atomic mass is 15.2. The number of hydrogen-bond donors (Lipinski definition) is 2. The lowest BCUT2D eigenvalue weighted by Crippen LogP contribution is -2.22. The molecule has 0 atom stereocenters. The number of nitrogens with zero attached hydrogens (tertiary/aromatic N) is 3. The second-order valence-electron chi connectivity index (χ2n) is 5.07. The van der Waals surface area contributed by atoms with Crippen LogP contribution >= 0.6 is 0 Å². The van der Waals surface area contributed by atoms with E-state index >= 15 is 0 Å². The number of anilines is 1. The number of guanidine groups is 1. The monoisotopic (exact) mass is 303 g/mol. The molecule has 0 bridgehead atoms. The molecular weight excluding hydrogens is 286 g/mol. The molecule has 5 nitrogen and oxygen atoms in total. The third-order valence-electron chi connectivity index (χ3n) is 3.24. The fourth-order valence-electron chi connectivity index (χ4n) is 2.18. The Morgan fingerprint density at radius 2 is 1.78 bits per heavy atom. The van der Waals surface area contributed by atoms with Gasteiger partial charge in [-0.3, -0.25) is 0 Å². The van der Waals surface area contributed by atoms with Crippen LogP contribution in [0.4, 0.5) is 11.6 Å². The second-order valence-corrected chi connectivity index (χ2v) is 5.07. The number of aliphatic imine (C=N–C) groups is 1. The van der Waals surface area contributed by atoms with E-state index in [9.17, 15) is 0 Å². The van der Waals surface area contributed by atoms with Crippen LogP contribution in [0.1, 0.15) is 5.69 Å². The van der Waals surface area contributed by atoms with E-state index in [1.54, 1.807) is 6.20 Å². The minimum absolute atomic E-state index is 0.251. The van der Waals surface area contributed by atoms with Crippen LogP contribution in [0.2, 0.25) is 0 Å². The average Bonchev–Trinajstić information content (AvgIpc) is 2.56. The van der Waals surface area contributed by atoms with E-state index in [0.717, 1.165) is 22.5 Å². The van der Waals surface area contributed by atoms with Gasteiger partial charge in [-0.2, -0.15) is 4.99 Å². The molecule has 0 saturated carbocycles. The number of nitrogens with two attached hydrogens (primary N) is 1. The standard InChI is InChI=1S/C18H17N5/c1-13-10-11-20-18(21-13)23-17(19)22-16-9-5-8-15(12-16)14-6-3-2-4-7-14/h2-12H,1H3,(H3,19,20,21,22,23). The minimum atomic E-state index is 0.251. The predicted molar refractivity (Wildman–Crippen MR) is 93.6 cm³/mol. The van der Waals surface area contributed by atoms with Crippen LogP contribution in [-0.4, -0.2) is 15.9 Å². The van der Waals surface area contributed by atoms with Crippen molar-refractivity contribution >= 4 is 17.6 Å². The summed E-state index contributed by atoms with van der Waals surface area (Å²) in [5.41, 5.74) is 9.90. The van der Waals surface area contributed by atoms with Crippen LogP contribution in [-0.2, 0) is 0 Å². The highest BCUT2D eigenvalue weighted by Gasteiger charge is 2.01. The van der Waals surface area contributed by atoms with Gasteiger partial charge in [-0.05, 0) is 36.2 Å². The van der Waals surface area contributed by atoms with E-state index in [0.29, 0.717) is 5.95 Å². The number of aryl methyl sites for hydroxylation is 1. The molecule has 5 heteroatoms. The largest absolute Gasteiger partial charge is 0.369 e. The maximum Gasteiger partial charge on any atom is 0.252 e. The summed E-state index contributed by atoms with van der Waals surface area (Å²) in [6, 6.07) is 20.0. The van der Waals surface area contributed by atoms with Crippen LogP contribution in [0.25, 0.3) is 11.1 Å². The molecule has 23 heavy (non-hydrogen) atoms. The summed E-state index contributed by atoms with van der Waals surface area (Å²) in [5.74, 6) is 0.593. The van der Waals surface area contributed by atoms with E-state index in [1.165, 1.54) is 0 Å². The van der Waals surface area contributed by atoms with E-state index in [4.69, 9.17) is 5.73 Å². The van der Waals surface area contributed by atoms with Crippen molar-refractivity contribution < 1.29 is 0 Å². The zero-order valence-electron chi connectivity index (χ0n) is 12.8. The number of benzene rings is 2. The normalized spacial score (nSPS) is 11.3. The fraction of sp³-hybridized carbons (Fsp3) is 0.0556. The SMILES string of the molecule is Cc1ccnc(N=C(N)Nc2cccc(-c3ccccc3)c2)n1. The first-order chi connectivity index (χ1) is 11.2. The Bertz CT molecular complexity index is 828. The topological polar surface area (TPSA) is 76.2 Å². The summed E-state index contributed by atoms with van der Waals surface area (Å²) in [6.07, 6.45) is 1.66. The van der Waals surface area contributed by atoms with Crippen LogP contribution in [0.5, 0.6) is 0 Å². The van der Waals surface area contributed by atoms with Crippen molar-refractivity contribution in [1.82, 2.24) is 9.97 Å². The number of rotatable bonds is 3. The molecule has 1 heterocycles. The van der Waals surface area contributed by atoms with Crippen LogP contribution in [0, 0.1) is 6.92 Å². The Morgan fingerprint density at radius 1 is 1.00 bits per heavy atom. The van der Waals surface area contributed by atoms with Crippen LogP contribution in [0.15, 0.2) is 71.9 Å². The van der Waals surface area contributed by atoms with Crippen molar-refractivity contribution in [2.45, 2.75) is 6.92 Å². The van der Waals surface area contributed by atoms with Crippen molar-refractivity contribution in [1.29, 1.82) is 0 Å². The lowest BCUT2D eigenvalue weighted by atomic mass is 10.1. The quantitative estimate of drug-likeness (QED) is 0.573. The molecule has 0 unspecified atom stereocenters. The Morgan fingerprint density at radius 3 is 2.57 bits per heavy atom. The third kappa shape index (κ3) is 3.91. The van der Waals surface area contributed by atoms with Gasteiger partial charge in [-0.25, -0.2) is 9.97 Å². The first-order valence-electron chi connectivity index (χ1n) is 7.27. The minimum Gasteiger partial charge on any atom is -0.369 e. The lowest BCUT2D eigenvalue weighted by molar-refractivity contribution is 1.08. The van der Waals surface area contributed by atoms with Gasteiger partial charge in [0.25, 0.3) is 5.95 Å². The Labute approximate surface area is 134 Å². The van der Waals surface area contributed by atoms with Crippen molar-refractivity contribution in [3.05, 3.63) is 72.6 Å². The highest BCUT2D eigenvalue weighted by Crippen LogP contribution is 2.22. The first-order valence-corrected chi connectivity index (χ1v) is 7.27. The van der Waals surface area contributed by atoms with Gasteiger partial charge in [-0.1, -0.05) is 42.5 Å². The number of nitrogens with one attached hydrogen (secondary N) is 1. The van der Waals surface area contributed by atoms with Crippen molar-refractivity contribution in [3.8, 4) is 11.1 Å². The van der Waals surface area contributed by atoms with Gasteiger partial charge in [-0.15, -0.1) is 0 Å². The Hall–Kier alpha value is -3.21. The maximum absolute atomic E-state index is 5.94. The van der Waals surface area contributed by atoms with Crippen molar-refractivity contribution in [3.63, 3.8) is 0 Å². The molecular formula is C18H17N5. The zero-order chi connectivity index (χ0) is 16.1. The molecule has 0 aliphatic carbocycles. The number of hydrogen-bond acceptors (Lipinski definition) is 3. The average molecular weight is 303 g/mol. The summed E-state index contributed by atoms with van der Waals surface area (Å²) >= 11 is 0. The zero-order valence-corrected chi connectivity index (χ0v) is 12.8. The summed E-state index contributed by atoms with van der Waals surface area (Å²) in [5, 5.41) is 3.07. The van der Waals surface area contributed by atoms with Gasteiger partial charge >= 0.3 is 0 Å². The van der Waals surface area contributed by atoms with E-state index < -0.39 is 0 Å². The predicted octanol–water partition coefficient (Wildman–Crippen LogP) is 3.51. The van der Waals surface area contributed by atoms with E-state index in [1.807, 2.05) is 49.4 Å². The molecule has 0 radical (unpaired) electrons. The van der Waals surface area contributed by atoms with Crippen molar-refractivity contribution in [2.75, 3.05) is 5.32 Å². The summed E-state index contributed by atoms with van der Waals surface area (Å²) in [7, 11) is 0. The first kappa shape index (κ1) is 14.7. The highest BCUT2D eigenvalue weighted by molar-refractivity contribution is 5.94. The molecule has 0 spiro atoms. The van der Waals surface area contributed by atoms with Gasteiger partial charge in [0.1, 0.15) is 0 Å². The third-order valence-corrected chi connectivity index (χ3v) is 3.24. The Balaban J connectivity index is 1.80. The Kier molecular flexibility index (Phi) is 4.29. The summed E-state index contributed by atoms with van der Waals surface area (Å²) < 4.78 is 0. The molecule has 0 aliphatic heterocycles. The van der Waals surface area contributed by atoms with Crippen molar-refractivity contribution in [2.24, 2.45) is 10.7 Å². The summed E-state index contributed by atoms with van der Waals surface area (Å²) in [6.45, 7) is 1.88. The van der Waals surface area contributed by atoms with Gasteiger partial charge in [0.05, 0.1) is 0 Å². The van der Waals surface area contributed by atoms with Gasteiger partial charge in [0.2, 0.25) is 5.96 Å². The molecule has 1 aromatic heterocycles. The van der Waals surface area contributed by atoms with Gasteiger partial charge < -0.3 is 11.1 Å². The second kappa shape index (κ2) is 6.70. The molecule has 0 fully saturated rings. The molecule has 0 saturated heterocycles. The molecule has 2 aromatic carbocycles. The molecule has 114 valence electrons. The molecule has 0 amide bonds. The molecule has 3 N–H and O–H groups in total. The van der Waals surface area contributed by atoms with Crippen LogP contribution < -0.4 is 11.1 Å². The van der Waals surface area contributed by atoms with E-state index in [2.05, 4.69) is 38.5 Å². The molecule has 0 aliphatic rings. The van der Waals surface area contributed by atoms with Gasteiger partial charge in [0.15, 0.2) is 0 Å². The summed E-state index contributed by atoms with van der Waals surface area (Å²) in [4.78, 5) is 12.4. The maximum atomic E-state index is 5.94. The van der Waals surface area contributed by atoms with Crippen LogP contribution in [0.3, 0.4) is 0 Å². The smallest absolute Gasteiger partial charge is 0.252 e. The lowest BCUT2D eigenvalue weighted by Gasteiger charge is -2.08. The number of aromatic nitrogens is 2.